The number of benzene rings is 2. The molecular formula is C27H22F2N4O2. The third kappa shape index (κ3) is 3.26. The summed E-state index contributed by atoms with van der Waals surface area (Å²) in [6.07, 6.45) is 12.6. The Kier molecular flexibility index (Phi) is 4.95. The number of aromatic hydroxyl groups is 1. The Balaban J connectivity index is 1.63. The molecule has 6 nitrogen and oxygen atoms in total. The Morgan fingerprint density at radius 1 is 1.11 bits per heavy atom. The summed E-state index contributed by atoms with van der Waals surface area (Å²) in [6, 6.07) is 6.25. The Morgan fingerprint density at radius 3 is 2.60 bits per heavy atom. The van der Waals surface area contributed by atoms with Gasteiger partial charge in [0, 0.05) is 29.2 Å². The first-order valence-electron chi connectivity index (χ1n) is 11.6. The first-order chi connectivity index (χ1) is 17.0. The normalized spacial score (nSPS) is 19.3. The van der Waals surface area contributed by atoms with E-state index in [4.69, 9.17) is 11.2 Å². The molecule has 0 spiro atoms. The van der Waals surface area contributed by atoms with Gasteiger partial charge in [-0.25, -0.2) is 8.78 Å². The molecule has 2 fully saturated rings. The molecule has 6 rings (SSSR count). The molecule has 2 aliphatic rings. The molecule has 176 valence electrons. The molecule has 0 saturated carbocycles. The van der Waals surface area contributed by atoms with Crippen molar-refractivity contribution in [3.63, 3.8) is 0 Å². The van der Waals surface area contributed by atoms with Crippen molar-refractivity contribution in [3.05, 3.63) is 47.7 Å². The number of hydrogen-bond acceptors (Lipinski definition) is 6. The molecule has 2 aromatic carbocycles. The van der Waals surface area contributed by atoms with Crippen molar-refractivity contribution in [2.75, 3.05) is 12.0 Å². The molecule has 2 aliphatic heterocycles. The van der Waals surface area contributed by atoms with Crippen LogP contribution in [0.5, 0.6) is 11.8 Å². The zero-order valence-electron chi connectivity index (χ0n) is 19.1. The summed E-state index contributed by atoms with van der Waals surface area (Å²) in [5.74, 6) is 1.53. The number of fused-ring (bicyclic) bond motifs is 4. The molecule has 4 heterocycles. The summed E-state index contributed by atoms with van der Waals surface area (Å²) >= 11 is 0. The summed E-state index contributed by atoms with van der Waals surface area (Å²) in [5, 5.41) is 11.6. The summed E-state index contributed by atoms with van der Waals surface area (Å²) in [7, 11) is 1.44. The van der Waals surface area contributed by atoms with Gasteiger partial charge < -0.3 is 14.7 Å². The number of pyridine rings is 1. The fourth-order valence-corrected chi connectivity index (χ4v) is 5.71. The zero-order chi connectivity index (χ0) is 24.3. The van der Waals surface area contributed by atoms with Crippen LogP contribution in [0, 0.1) is 24.0 Å². The van der Waals surface area contributed by atoms with Crippen LogP contribution in [0.1, 0.15) is 37.7 Å². The van der Waals surface area contributed by atoms with E-state index in [1.54, 1.807) is 6.20 Å². The zero-order valence-corrected chi connectivity index (χ0v) is 19.1. The summed E-state index contributed by atoms with van der Waals surface area (Å²) in [4.78, 5) is 15.6. The second-order valence-corrected chi connectivity index (χ2v) is 9.10. The predicted octanol–water partition coefficient (Wildman–Crippen LogP) is 5.34. The summed E-state index contributed by atoms with van der Waals surface area (Å²) in [6.45, 7) is 0. The largest absolute Gasteiger partial charge is 0.508 e. The van der Waals surface area contributed by atoms with Crippen molar-refractivity contribution in [2.45, 2.75) is 44.2 Å². The molecule has 2 bridgehead atoms. The fourth-order valence-electron chi connectivity index (χ4n) is 5.71. The van der Waals surface area contributed by atoms with E-state index < -0.39 is 11.6 Å². The number of nitrogens with zero attached hydrogens (tertiary/aromatic N) is 4. The van der Waals surface area contributed by atoms with Crippen LogP contribution in [-0.4, -0.2) is 39.3 Å². The molecule has 2 atom stereocenters. The minimum Gasteiger partial charge on any atom is -0.508 e. The first kappa shape index (κ1) is 21.5. The lowest BCUT2D eigenvalue weighted by molar-refractivity contribution is 0.379. The van der Waals surface area contributed by atoms with Crippen LogP contribution < -0.4 is 9.64 Å². The second-order valence-electron chi connectivity index (χ2n) is 9.10. The Bertz CT molecular complexity index is 1530. The lowest BCUT2D eigenvalue weighted by Crippen LogP contribution is -2.40. The molecule has 1 N–H and O–H groups in total. The Labute approximate surface area is 200 Å². The van der Waals surface area contributed by atoms with Gasteiger partial charge in [-0.3, -0.25) is 4.98 Å². The van der Waals surface area contributed by atoms with Crippen LogP contribution in [-0.2, 0) is 0 Å². The van der Waals surface area contributed by atoms with Gasteiger partial charge in [0.25, 0.3) is 0 Å². The number of rotatable bonds is 3. The van der Waals surface area contributed by atoms with Crippen LogP contribution in [0.15, 0.2) is 30.5 Å². The van der Waals surface area contributed by atoms with Gasteiger partial charge in [0.1, 0.15) is 28.6 Å². The van der Waals surface area contributed by atoms with Crippen molar-refractivity contribution in [3.8, 4) is 35.4 Å². The molecule has 2 unspecified atom stereocenters. The second kappa shape index (κ2) is 8.05. The van der Waals surface area contributed by atoms with Crippen molar-refractivity contribution < 1.29 is 18.6 Å². The van der Waals surface area contributed by atoms with Gasteiger partial charge in [0.2, 0.25) is 0 Å². The minimum atomic E-state index is -0.715. The van der Waals surface area contributed by atoms with Gasteiger partial charge in [-0.05, 0) is 55.7 Å². The van der Waals surface area contributed by atoms with Crippen LogP contribution in [0.2, 0.25) is 0 Å². The number of ether oxygens (including phenoxy) is 1. The maximum absolute atomic E-state index is 16.2. The predicted molar refractivity (Wildman–Crippen MR) is 129 cm³/mol. The molecule has 0 radical (unpaired) electrons. The number of halogens is 2. The first-order valence-corrected chi connectivity index (χ1v) is 11.6. The maximum atomic E-state index is 16.2. The number of aromatic nitrogens is 3. The molecule has 0 amide bonds. The van der Waals surface area contributed by atoms with Crippen molar-refractivity contribution >= 4 is 27.5 Å². The van der Waals surface area contributed by atoms with Crippen LogP contribution >= 0.6 is 0 Å². The van der Waals surface area contributed by atoms with Gasteiger partial charge in [-0.15, -0.1) is 6.42 Å². The molecule has 0 aliphatic carbocycles. The molecule has 4 aromatic rings. The summed E-state index contributed by atoms with van der Waals surface area (Å²) < 4.78 is 36.0. The number of phenolic OH excluding ortho intramolecular Hbond substituents is 1. The van der Waals surface area contributed by atoms with Crippen LogP contribution in [0.25, 0.3) is 32.9 Å². The Morgan fingerprint density at radius 2 is 1.89 bits per heavy atom. The quantitative estimate of drug-likeness (QED) is 0.406. The van der Waals surface area contributed by atoms with E-state index in [9.17, 15) is 9.50 Å². The highest BCUT2D eigenvalue weighted by atomic mass is 19.1. The van der Waals surface area contributed by atoms with E-state index >= 15 is 4.39 Å². The van der Waals surface area contributed by atoms with Gasteiger partial charge in [0.05, 0.1) is 18.1 Å². The van der Waals surface area contributed by atoms with E-state index in [0.29, 0.717) is 34.1 Å². The number of phenols is 1. The highest BCUT2D eigenvalue weighted by Crippen LogP contribution is 2.43. The molecule has 2 saturated heterocycles. The van der Waals surface area contributed by atoms with Crippen molar-refractivity contribution in [1.29, 1.82) is 0 Å². The lowest BCUT2D eigenvalue weighted by Gasteiger charge is -2.36. The number of terminal acetylenes is 1. The minimum absolute atomic E-state index is 0.0235. The molecule has 8 heteroatoms. The lowest BCUT2D eigenvalue weighted by atomic mass is 9.95. The van der Waals surface area contributed by atoms with Gasteiger partial charge in [0.15, 0.2) is 5.82 Å². The van der Waals surface area contributed by atoms with E-state index in [1.165, 1.54) is 37.8 Å². The monoisotopic (exact) mass is 472 g/mol. The molecule has 2 aromatic heterocycles. The van der Waals surface area contributed by atoms with Gasteiger partial charge in [-0.2, -0.15) is 9.97 Å². The van der Waals surface area contributed by atoms with E-state index in [-0.39, 0.29) is 34.1 Å². The van der Waals surface area contributed by atoms with Crippen LogP contribution in [0.4, 0.5) is 14.6 Å². The maximum Gasteiger partial charge on any atom is 0.318 e. The average molecular weight is 472 g/mol. The van der Waals surface area contributed by atoms with Gasteiger partial charge in [-0.1, -0.05) is 12.0 Å². The average Bonchev–Trinajstić information content (AvgIpc) is 3.10. The number of hydrogen-bond donors (Lipinski definition) is 1. The van der Waals surface area contributed by atoms with Crippen molar-refractivity contribution in [2.24, 2.45) is 0 Å². The Hall–Kier alpha value is -3.99. The van der Waals surface area contributed by atoms with E-state index in [2.05, 4.69) is 25.8 Å². The van der Waals surface area contributed by atoms with Crippen molar-refractivity contribution in [1.82, 2.24) is 15.0 Å². The summed E-state index contributed by atoms with van der Waals surface area (Å²) in [5.41, 5.74) is 0.125. The van der Waals surface area contributed by atoms with E-state index in [1.807, 2.05) is 0 Å². The molecule has 35 heavy (non-hydrogen) atoms. The number of anilines is 1. The highest BCUT2D eigenvalue weighted by molar-refractivity contribution is 6.03. The van der Waals surface area contributed by atoms with E-state index in [0.717, 1.165) is 25.7 Å². The third-order valence-electron chi connectivity index (χ3n) is 7.22. The van der Waals surface area contributed by atoms with Gasteiger partial charge >= 0.3 is 6.01 Å². The topological polar surface area (TPSA) is 71.4 Å². The fraction of sp³-hybridized carbons (Fsp3) is 0.296. The molecular weight excluding hydrogens is 450 g/mol. The standard InChI is InChI=1S/C27H22F2N4O2/c1-3-18-21(28)10-7-14-11-17(34)12-19(22(14)18)24-23(29)25-20(13-30-24)26(32-27(31-25)35-2)33-15-5-4-6-16(33)9-8-15/h1,7,10-13,15-16,34H,4-6,8-9H2,2H3. The smallest absolute Gasteiger partial charge is 0.318 e. The number of methoxy groups -OCH3 is 1. The SMILES string of the molecule is C#Cc1c(F)ccc2cc(O)cc(-c3ncc4c(N5C6CCCC5CC6)nc(OC)nc4c3F)c12. The highest BCUT2D eigenvalue weighted by Gasteiger charge is 2.38. The van der Waals surface area contributed by atoms with Crippen LogP contribution in [0.3, 0.4) is 0 Å². The third-order valence-corrected chi connectivity index (χ3v) is 7.22. The number of piperidine rings is 1.